The van der Waals surface area contributed by atoms with Crippen LogP contribution >= 0.6 is 0 Å². The lowest BCUT2D eigenvalue weighted by Crippen LogP contribution is -2.53. The SMILES string of the molecule is CCNC(=O)[C@@H](CC)N(CCc1ccccc1)C(=O)CN(c1ccc2c(c1)OCO2)S(C)(=O)=O. The molecule has 0 fully saturated rings. The van der Waals surface area contributed by atoms with Gasteiger partial charge in [0.25, 0.3) is 0 Å². The molecule has 0 aromatic heterocycles. The van der Waals surface area contributed by atoms with Gasteiger partial charge in [-0.3, -0.25) is 13.9 Å². The first-order valence-electron chi connectivity index (χ1n) is 11.2. The Hall–Kier alpha value is -3.27. The van der Waals surface area contributed by atoms with E-state index in [1.165, 1.54) is 11.0 Å². The molecule has 10 heteroatoms. The average molecular weight is 490 g/mol. The first-order valence-corrected chi connectivity index (χ1v) is 13.1. The van der Waals surface area contributed by atoms with Crippen molar-refractivity contribution in [1.82, 2.24) is 10.2 Å². The number of carbonyl (C=O) groups excluding carboxylic acids is 2. The van der Waals surface area contributed by atoms with Crippen molar-refractivity contribution >= 4 is 27.5 Å². The minimum atomic E-state index is -3.81. The number of nitrogens with one attached hydrogen (secondary N) is 1. The molecule has 2 aromatic carbocycles. The minimum Gasteiger partial charge on any atom is -0.454 e. The van der Waals surface area contributed by atoms with Crippen LogP contribution in [0.3, 0.4) is 0 Å². The molecule has 0 saturated carbocycles. The number of anilines is 1. The Morgan fingerprint density at radius 3 is 2.41 bits per heavy atom. The fourth-order valence-corrected chi connectivity index (χ4v) is 4.68. The van der Waals surface area contributed by atoms with Crippen LogP contribution in [0.4, 0.5) is 5.69 Å². The number of carbonyl (C=O) groups is 2. The number of benzene rings is 2. The number of hydrogen-bond acceptors (Lipinski definition) is 6. The van der Waals surface area contributed by atoms with Crippen molar-refractivity contribution in [2.24, 2.45) is 0 Å². The number of sulfonamides is 1. The Bertz CT molecular complexity index is 1110. The zero-order valence-corrected chi connectivity index (χ0v) is 20.5. The molecule has 34 heavy (non-hydrogen) atoms. The topological polar surface area (TPSA) is 105 Å². The van der Waals surface area contributed by atoms with Gasteiger partial charge in [0.05, 0.1) is 11.9 Å². The van der Waals surface area contributed by atoms with E-state index in [0.29, 0.717) is 30.9 Å². The van der Waals surface area contributed by atoms with Crippen molar-refractivity contribution in [3.63, 3.8) is 0 Å². The number of hydrogen-bond donors (Lipinski definition) is 1. The summed E-state index contributed by atoms with van der Waals surface area (Å²) >= 11 is 0. The molecule has 1 aliphatic rings. The first-order chi connectivity index (χ1) is 16.2. The lowest BCUT2D eigenvalue weighted by atomic mass is 10.1. The van der Waals surface area contributed by atoms with Gasteiger partial charge in [-0.05, 0) is 37.5 Å². The molecule has 1 atom stereocenters. The van der Waals surface area contributed by atoms with Crippen molar-refractivity contribution in [1.29, 1.82) is 0 Å². The summed E-state index contributed by atoms with van der Waals surface area (Å²) < 4.78 is 37.0. The Balaban J connectivity index is 1.88. The third kappa shape index (κ3) is 6.19. The lowest BCUT2D eigenvalue weighted by Gasteiger charge is -2.32. The van der Waals surface area contributed by atoms with E-state index in [4.69, 9.17) is 9.47 Å². The second-order valence-electron chi connectivity index (χ2n) is 7.95. The summed E-state index contributed by atoms with van der Waals surface area (Å²) in [6.45, 7) is 3.96. The van der Waals surface area contributed by atoms with Crippen molar-refractivity contribution in [3.8, 4) is 11.5 Å². The molecule has 0 bridgehead atoms. The monoisotopic (exact) mass is 489 g/mol. The second kappa shape index (κ2) is 11.2. The summed E-state index contributed by atoms with van der Waals surface area (Å²) in [5.41, 5.74) is 1.30. The smallest absolute Gasteiger partial charge is 0.244 e. The van der Waals surface area contributed by atoms with Gasteiger partial charge < -0.3 is 19.7 Å². The zero-order chi connectivity index (χ0) is 24.7. The molecule has 2 amide bonds. The Kier molecular flexibility index (Phi) is 8.38. The van der Waals surface area contributed by atoms with Crippen LogP contribution in [0.1, 0.15) is 25.8 Å². The quantitative estimate of drug-likeness (QED) is 0.519. The van der Waals surface area contributed by atoms with E-state index >= 15 is 0 Å². The van der Waals surface area contributed by atoms with E-state index in [1.54, 1.807) is 12.1 Å². The number of amides is 2. The van der Waals surface area contributed by atoms with Crippen LogP contribution in [0, 0.1) is 0 Å². The maximum absolute atomic E-state index is 13.5. The van der Waals surface area contributed by atoms with Crippen LogP contribution in [0.5, 0.6) is 11.5 Å². The molecular formula is C24H31N3O6S. The van der Waals surface area contributed by atoms with Gasteiger partial charge in [0.15, 0.2) is 11.5 Å². The summed E-state index contributed by atoms with van der Waals surface area (Å²) in [6, 6.07) is 13.6. The molecule has 1 aliphatic heterocycles. The van der Waals surface area contributed by atoms with Gasteiger partial charge in [-0.25, -0.2) is 8.42 Å². The highest BCUT2D eigenvalue weighted by Gasteiger charge is 2.31. The molecule has 0 aliphatic carbocycles. The maximum atomic E-state index is 13.5. The Labute approximate surface area is 200 Å². The van der Waals surface area contributed by atoms with E-state index in [-0.39, 0.29) is 24.9 Å². The van der Waals surface area contributed by atoms with Crippen molar-refractivity contribution in [2.45, 2.75) is 32.7 Å². The Morgan fingerprint density at radius 2 is 1.76 bits per heavy atom. The number of fused-ring (bicyclic) bond motifs is 1. The molecule has 184 valence electrons. The van der Waals surface area contributed by atoms with Crippen LogP contribution in [0.15, 0.2) is 48.5 Å². The van der Waals surface area contributed by atoms with Crippen molar-refractivity contribution < 1.29 is 27.5 Å². The summed E-state index contributed by atoms with van der Waals surface area (Å²) in [5, 5.41) is 2.78. The first kappa shape index (κ1) is 25.4. The summed E-state index contributed by atoms with van der Waals surface area (Å²) in [6.07, 6.45) is 1.97. The van der Waals surface area contributed by atoms with Gasteiger partial charge in [0.1, 0.15) is 12.6 Å². The van der Waals surface area contributed by atoms with E-state index in [0.717, 1.165) is 16.1 Å². The van der Waals surface area contributed by atoms with Crippen LogP contribution in [0.2, 0.25) is 0 Å². The summed E-state index contributed by atoms with van der Waals surface area (Å²) in [5.74, 6) is 0.195. The number of rotatable bonds is 11. The summed E-state index contributed by atoms with van der Waals surface area (Å²) in [4.78, 5) is 27.7. The van der Waals surface area contributed by atoms with E-state index in [9.17, 15) is 18.0 Å². The van der Waals surface area contributed by atoms with Crippen LogP contribution in [0.25, 0.3) is 0 Å². The van der Waals surface area contributed by atoms with Crippen LogP contribution < -0.4 is 19.1 Å². The molecule has 1 N–H and O–H groups in total. The minimum absolute atomic E-state index is 0.0502. The number of likely N-dealkylation sites (N-methyl/N-ethyl adjacent to an activating group) is 1. The zero-order valence-electron chi connectivity index (χ0n) is 19.7. The molecule has 0 saturated heterocycles. The molecule has 9 nitrogen and oxygen atoms in total. The van der Waals surface area contributed by atoms with E-state index in [2.05, 4.69) is 5.32 Å². The fourth-order valence-electron chi connectivity index (χ4n) is 3.84. The Morgan fingerprint density at radius 1 is 1.06 bits per heavy atom. The van der Waals surface area contributed by atoms with Gasteiger partial charge in [-0.15, -0.1) is 0 Å². The fraction of sp³-hybridized carbons (Fsp3) is 0.417. The maximum Gasteiger partial charge on any atom is 0.244 e. The van der Waals surface area contributed by atoms with E-state index < -0.39 is 28.5 Å². The average Bonchev–Trinajstić information content (AvgIpc) is 3.28. The van der Waals surface area contributed by atoms with Crippen LogP contribution in [-0.4, -0.2) is 63.9 Å². The molecule has 0 spiro atoms. The van der Waals surface area contributed by atoms with Crippen LogP contribution in [-0.2, 0) is 26.0 Å². The summed E-state index contributed by atoms with van der Waals surface area (Å²) in [7, 11) is -3.81. The number of ether oxygens (including phenoxy) is 2. The normalized spacial score (nSPS) is 13.3. The third-order valence-electron chi connectivity index (χ3n) is 5.54. The second-order valence-corrected chi connectivity index (χ2v) is 9.86. The van der Waals surface area contributed by atoms with Crippen molar-refractivity contribution in [3.05, 3.63) is 54.1 Å². The standard InChI is InChI=1S/C24H31N3O6S/c1-4-20(24(29)25-5-2)26(14-13-18-9-7-6-8-10-18)23(28)16-27(34(3,30)31)19-11-12-21-22(15-19)33-17-32-21/h6-12,15,20H,4-5,13-14,16-17H2,1-3H3,(H,25,29)/t20-/m1/s1. The molecule has 2 aromatic rings. The molecule has 0 radical (unpaired) electrons. The number of nitrogens with zero attached hydrogens (tertiary/aromatic N) is 2. The van der Waals surface area contributed by atoms with Gasteiger partial charge in [-0.2, -0.15) is 0 Å². The third-order valence-corrected chi connectivity index (χ3v) is 6.69. The van der Waals surface area contributed by atoms with Gasteiger partial charge in [-0.1, -0.05) is 37.3 Å². The van der Waals surface area contributed by atoms with E-state index in [1.807, 2.05) is 44.2 Å². The van der Waals surface area contributed by atoms with Gasteiger partial charge >= 0.3 is 0 Å². The predicted octanol–water partition coefficient (Wildman–Crippen LogP) is 2.17. The highest BCUT2D eigenvalue weighted by atomic mass is 32.2. The molecule has 0 unspecified atom stereocenters. The molecular weight excluding hydrogens is 458 g/mol. The highest BCUT2D eigenvalue weighted by Crippen LogP contribution is 2.36. The highest BCUT2D eigenvalue weighted by molar-refractivity contribution is 7.92. The van der Waals surface area contributed by atoms with Crippen molar-refractivity contribution in [2.75, 3.05) is 37.0 Å². The van der Waals surface area contributed by atoms with Gasteiger partial charge in [0, 0.05) is 19.2 Å². The lowest BCUT2D eigenvalue weighted by molar-refractivity contribution is -0.139. The van der Waals surface area contributed by atoms with Gasteiger partial charge in [0.2, 0.25) is 28.6 Å². The largest absolute Gasteiger partial charge is 0.454 e. The molecule has 3 rings (SSSR count). The molecule has 1 heterocycles. The predicted molar refractivity (Wildman–Crippen MR) is 129 cm³/mol.